The normalized spacial score (nSPS) is 11.4. The van der Waals surface area contributed by atoms with Gasteiger partial charge in [-0.15, -0.1) is 0 Å². The summed E-state index contributed by atoms with van der Waals surface area (Å²) in [6.07, 6.45) is 1.88. The zero-order valence-electron chi connectivity index (χ0n) is 13.4. The first-order chi connectivity index (χ1) is 10.6. The molecular weight excluding hydrogens is 282 g/mol. The van der Waals surface area contributed by atoms with Gasteiger partial charge in [-0.2, -0.15) is 0 Å². The third-order valence-electron chi connectivity index (χ3n) is 4.31. The van der Waals surface area contributed by atoms with Crippen LogP contribution in [0.3, 0.4) is 0 Å². The lowest BCUT2D eigenvalue weighted by atomic mass is 10.1. The van der Waals surface area contributed by atoms with Gasteiger partial charge in [0, 0.05) is 11.8 Å². The van der Waals surface area contributed by atoms with Crippen LogP contribution in [0.1, 0.15) is 5.56 Å². The van der Waals surface area contributed by atoms with Crippen LogP contribution in [0, 0.1) is 6.92 Å². The molecule has 2 aromatic carbocycles. The van der Waals surface area contributed by atoms with Gasteiger partial charge in [0.25, 0.3) is 0 Å². The molecule has 0 bridgehead atoms. The van der Waals surface area contributed by atoms with E-state index in [0.29, 0.717) is 0 Å². The largest absolute Gasteiger partial charge is 0.256 e. The summed E-state index contributed by atoms with van der Waals surface area (Å²) < 4.78 is 0. The first-order valence-electron chi connectivity index (χ1n) is 7.66. The summed E-state index contributed by atoms with van der Waals surface area (Å²) in [7, 11) is -1.61. The summed E-state index contributed by atoms with van der Waals surface area (Å²) in [4.78, 5) is 4.47. The van der Waals surface area contributed by atoms with Gasteiger partial charge >= 0.3 is 0 Å². The molecule has 0 saturated carbocycles. The Morgan fingerprint density at radius 2 is 1.41 bits per heavy atom. The van der Waals surface area contributed by atoms with Crippen molar-refractivity contribution in [2.75, 3.05) is 0 Å². The molecule has 0 radical (unpaired) electrons. The number of aryl methyl sites for hydroxylation is 1. The highest BCUT2D eigenvalue weighted by Gasteiger charge is 2.25. The molecule has 0 aliphatic carbocycles. The average molecular weight is 303 g/mol. The Balaban J connectivity index is 1.95. The Hall–Kier alpha value is -2.19. The molecule has 1 heterocycles. The van der Waals surface area contributed by atoms with Crippen molar-refractivity contribution in [1.82, 2.24) is 4.98 Å². The minimum absolute atomic E-state index is 1.05. The van der Waals surface area contributed by atoms with Crippen molar-refractivity contribution in [1.29, 1.82) is 0 Å². The molecule has 3 rings (SSSR count). The van der Waals surface area contributed by atoms with E-state index in [4.69, 9.17) is 0 Å². The highest BCUT2D eigenvalue weighted by Crippen LogP contribution is 2.17. The van der Waals surface area contributed by atoms with Crippen molar-refractivity contribution >= 4 is 18.4 Å². The average Bonchev–Trinajstić information content (AvgIpc) is 2.56. The van der Waals surface area contributed by atoms with Gasteiger partial charge in [0.1, 0.15) is 8.07 Å². The fraction of sp³-hybridized carbons (Fsp3) is 0.150. The monoisotopic (exact) mass is 303 g/mol. The summed E-state index contributed by atoms with van der Waals surface area (Å²) in [5.74, 6) is 0. The predicted octanol–water partition coefficient (Wildman–Crippen LogP) is 3.88. The molecule has 0 amide bonds. The highest BCUT2D eigenvalue weighted by molar-refractivity contribution is 7.00. The van der Waals surface area contributed by atoms with Gasteiger partial charge < -0.3 is 0 Å². The molecule has 110 valence electrons. The topological polar surface area (TPSA) is 12.9 Å². The van der Waals surface area contributed by atoms with E-state index in [1.165, 1.54) is 21.5 Å². The molecule has 2 heteroatoms. The van der Waals surface area contributed by atoms with E-state index < -0.39 is 8.07 Å². The fourth-order valence-corrected chi connectivity index (χ4v) is 5.13. The number of pyridine rings is 1. The zero-order valence-corrected chi connectivity index (χ0v) is 14.4. The standard InChI is InChI=1S/C20H21NSi/c1-16-13-14-21-20(15-16)17-9-11-19(12-10-17)22(2,3)18-7-5-4-6-8-18/h4-15H,1-3H3. The molecule has 1 aromatic heterocycles. The van der Waals surface area contributed by atoms with Crippen molar-refractivity contribution in [2.24, 2.45) is 0 Å². The van der Waals surface area contributed by atoms with Crippen LogP contribution in [0.2, 0.25) is 13.1 Å². The molecule has 0 N–H and O–H groups in total. The maximum absolute atomic E-state index is 4.47. The predicted molar refractivity (Wildman–Crippen MR) is 97.6 cm³/mol. The molecule has 0 unspecified atom stereocenters. The van der Waals surface area contributed by atoms with Gasteiger partial charge in [0.2, 0.25) is 0 Å². The van der Waals surface area contributed by atoms with E-state index >= 15 is 0 Å². The van der Waals surface area contributed by atoms with Gasteiger partial charge in [0.15, 0.2) is 0 Å². The van der Waals surface area contributed by atoms with Gasteiger partial charge in [-0.05, 0) is 24.6 Å². The van der Waals surface area contributed by atoms with E-state index in [1.807, 2.05) is 12.3 Å². The second kappa shape index (κ2) is 5.89. The van der Waals surface area contributed by atoms with Crippen molar-refractivity contribution in [3.05, 3.63) is 78.5 Å². The van der Waals surface area contributed by atoms with Crippen LogP contribution in [0.25, 0.3) is 11.3 Å². The van der Waals surface area contributed by atoms with Crippen molar-refractivity contribution < 1.29 is 0 Å². The molecular formula is C20H21NSi. The van der Waals surface area contributed by atoms with E-state index in [9.17, 15) is 0 Å². The molecule has 0 atom stereocenters. The first-order valence-corrected chi connectivity index (χ1v) is 10.7. The number of hydrogen-bond acceptors (Lipinski definition) is 1. The van der Waals surface area contributed by atoms with Gasteiger partial charge in [-0.3, -0.25) is 4.98 Å². The van der Waals surface area contributed by atoms with Crippen LogP contribution in [-0.2, 0) is 0 Å². The van der Waals surface area contributed by atoms with Crippen molar-refractivity contribution in [3.8, 4) is 11.3 Å². The van der Waals surface area contributed by atoms with Gasteiger partial charge in [-0.1, -0.05) is 78.1 Å². The number of aromatic nitrogens is 1. The van der Waals surface area contributed by atoms with Gasteiger partial charge in [0.05, 0.1) is 5.69 Å². The van der Waals surface area contributed by atoms with E-state index in [2.05, 4.69) is 85.7 Å². The Kier molecular flexibility index (Phi) is 3.95. The van der Waals surface area contributed by atoms with Crippen LogP contribution >= 0.6 is 0 Å². The first kappa shape index (κ1) is 14.7. The van der Waals surface area contributed by atoms with E-state index in [0.717, 1.165) is 5.69 Å². The minimum atomic E-state index is -1.61. The molecule has 0 aliphatic rings. The smallest absolute Gasteiger partial charge is 0.112 e. The van der Waals surface area contributed by atoms with Crippen LogP contribution in [0.15, 0.2) is 72.9 Å². The molecule has 0 spiro atoms. The number of rotatable bonds is 3. The molecule has 1 nitrogen and oxygen atoms in total. The van der Waals surface area contributed by atoms with Crippen LogP contribution in [0.4, 0.5) is 0 Å². The summed E-state index contributed by atoms with van der Waals surface area (Å²) in [6.45, 7) is 6.91. The van der Waals surface area contributed by atoms with Crippen LogP contribution in [0.5, 0.6) is 0 Å². The third kappa shape index (κ3) is 2.88. The lowest BCUT2D eigenvalue weighted by molar-refractivity contribution is 1.29. The Labute approximate surface area is 133 Å². The lowest BCUT2D eigenvalue weighted by Gasteiger charge is -2.23. The lowest BCUT2D eigenvalue weighted by Crippen LogP contribution is -2.52. The summed E-state index contributed by atoms with van der Waals surface area (Å²) in [5, 5.41) is 2.92. The van der Waals surface area contributed by atoms with Crippen LogP contribution < -0.4 is 10.4 Å². The maximum Gasteiger partial charge on any atom is 0.112 e. The van der Waals surface area contributed by atoms with Crippen molar-refractivity contribution in [3.63, 3.8) is 0 Å². The molecule has 22 heavy (non-hydrogen) atoms. The number of nitrogens with zero attached hydrogens (tertiary/aromatic N) is 1. The minimum Gasteiger partial charge on any atom is -0.256 e. The molecule has 0 saturated heterocycles. The third-order valence-corrected chi connectivity index (χ3v) is 7.87. The van der Waals surface area contributed by atoms with E-state index in [-0.39, 0.29) is 0 Å². The van der Waals surface area contributed by atoms with Crippen LogP contribution in [-0.4, -0.2) is 13.1 Å². The molecule has 0 aliphatic heterocycles. The Morgan fingerprint density at radius 1 is 0.773 bits per heavy atom. The van der Waals surface area contributed by atoms with E-state index in [1.54, 1.807) is 0 Å². The van der Waals surface area contributed by atoms with Gasteiger partial charge in [-0.25, -0.2) is 0 Å². The Bertz CT molecular complexity index is 761. The summed E-state index contributed by atoms with van der Waals surface area (Å²) in [5.41, 5.74) is 3.48. The molecule has 0 fully saturated rings. The summed E-state index contributed by atoms with van der Waals surface area (Å²) >= 11 is 0. The summed E-state index contributed by atoms with van der Waals surface area (Å²) in [6, 6.07) is 24.0. The second-order valence-corrected chi connectivity index (χ2v) is 10.7. The number of hydrogen-bond donors (Lipinski definition) is 0. The zero-order chi connectivity index (χ0) is 15.6. The fourth-order valence-electron chi connectivity index (χ4n) is 2.77. The number of benzene rings is 2. The second-order valence-electron chi connectivity index (χ2n) is 6.29. The quantitative estimate of drug-likeness (QED) is 0.669. The highest BCUT2D eigenvalue weighted by atomic mass is 28.3. The Morgan fingerprint density at radius 3 is 2.05 bits per heavy atom. The maximum atomic E-state index is 4.47. The van der Waals surface area contributed by atoms with Crippen molar-refractivity contribution in [2.45, 2.75) is 20.0 Å². The molecule has 3 aromatic rings. The SMILES string of the molecule is Cc1ccnc(-c2ccc([Si](C)(C)c3ccccc3)cc2)c1.